The monoisotopic (exact) mass is 274 g/mol. The first-order chi connectivity index (χ1) is 9.56. The Morgan fingerprint density at radius 3 is 2.60 bits per heavy atom. The number of benzene rings is 1. The number of nitrogens with one attached hydrogen (secondary N) is 2. The van der Waals surface area contributed by atoms with E-state index < -0.39 is 5.97 Å². The van der Waals surface area contributed by atoms with Crippen molar-refractivity contribution in [3.8, 4) is 0 Å². The number of hydrogen-bond acceptors (Lipinski definition) is 3. The third-order valence-corrected chi connectivity index (χ3v) is 3.46. The van der Waals surface area contributed by atoms with Crippen molar-refractivity contribution in [3.63, 3.8) is 0 Å². The molecule has 0 aliphatic carbocycles. The second-order valence-electron chi connectivity index (χ2n) is 4.92. The Morgan fingerprint density at radius 1 is 1.35 bits per heavy atom. The quantitative estimate of drug-likeness (QED) is 0.730. The first kappa shape index (κ1) is 14.3. The number of carbonyl (C=O) groups is 2. The smallest absolute Gasteiger partial charge is 0.328 e. The van der Waals surface area contributed by atoms with Gasteiger partial charge < -0.3 is 15.7 Å². The van der Waals surface area contributed by atoms with Gasteiger partial charge in [-0.3, -0.25) is 4.79 Å². The van der Waals surface area contributed by atoms with Gasteiger partial charge in [-0.15, -0.1) is 0 Å². The molecule has 1 heterocycles. The van der Waals surface area contributed by atoms with Crippen molar-refractivity contribution >= 4 is 23.6 Å². The number of carboxylic acids is 1. The summed E-state index contributed by atoms with van der Waals surface area (Å²) in [5.41, 5.74) is 1.50. The summed E-state index contributed by atoms with van der Waals surface area (Å²) in [6.07, 6.45) is 3.45. The summed E-state index contributed by atoms with van der Waals surface area (Å²) in [6.45, 7) is 2.88. The first-order valence-corrected chi connectivity index (χ1v) is 6.61. The molecule has 0 saturated carbocycles. The number of amides is 1. The van der Waals surface area contributed by atoms with Crippen molar-refractivity contribution in [1.29, 1.82) is 0 Å². The van der Waals surface area contributed by atoms with Crippen molar-refractivity contribution in [3.05, 3.63) is 35.9 Å². The van der Waals surface area contributed by atoms with Gasteiger partial charge in [-0.25, -0.2) is 4.79 Å². The predicted molar refractivity (Wildman–Crippen MR) is 77.3 cm³/mol. The van der Waals surface area contributed by atoms with E-state index in [2.05, 4.69) is 10.6 Å². The molecule has 0 radical (unpaired) electrons. The Hall–Kier alpha value is -2.14. The van der Waals surface area contributed by atoms with E-state index in [1.165, 1.54) is 6.08 Å². The minimum absolute atomic E-state index is 0.00147. The molecule has 0 aromatic heterocycles. The minimum Gasteiger partial charge on any atom is -0.478 e. The van der Waals surface area contributed by atoms with E-state index in [4.69, 9.17) is 5.11 Å². The maximum Gasteiger partial charge on any atom is 0.328 e. The Kier molecular flexibility index (Phi) is 4.53. The van der Waals surface area contributed by atoms with Gasteiger partial charge in [0.1, 0.15) is 0 Å². The molecule has 20 heavy (non-hydrogen) atoms. The van der Waals surface area contributed by atoms with Crippen LogP contribution in [0.4, 0.5) is 5.69 Å². The van der Waals surface area contributed by atoms with E-state index in [0.29, 0.717) is 0 Å². The lowest BCUT2D eigenvalue weighted by Gasteiger charge is -2.14. The summed E-state index contributed by atoms with van der Waals surface area (Å²) in [5.74, 6) is -0.956. The van der Waals surface area contributed by atoms with E-state index in [0.717, 1.165) is 30.3 Å². The van der Waals surface area contributed by atoms with Crippen molar-refractivity contribution < 1.29 is 14.7 Å². The van der Waals surface area contributed by atoms with Crippen molar-refractivity contribution in [2.75, 3.05) is 11.9 Å². The molecule has 2 atom stereocenters. The highest BCUT2D eigenvalue weighted by Crippen LogP contribution is 2.18. The molecular formula is C15H18N2O3. The fourth-order valence-corrected chi connectivity index (χ4v) is 2.30. The van der Waals surface area contributed by atoms with E-state index in [9.17, 15) is 9.59 Å². The van der Waals surface area contributed by atoms with E-state index in [1.54, 1.807) is 24.3 Å². The zero-order chi connectivity index (χ0) is 14.5. The summed E-state index contributed by atoms with van der Waals surface area (Å²) in [4.78, 5) is 22.5. The molecule has 1 saturated heterocycles. The summed E-state index contributed by atoms with van der Waals surface area (Å²) in [5, 5.41) is 14.7. The van der Waals surface area contributed by atoms with Crippen LogP contribution in [0.1, 0.15) is 18.9 Å². The summed E-state index contributed by atoms with van der Waals surface area (Å²) in [6, 6.07) is 7.28. The lowest BCUT2D eigenvalue weighted by molar-refractivity contribution is -0.131. The summed E-state index contributed by atoms with van der Waals surface area (Å²) >= 11 is 0. The Morgan fingerprint density at radius 2 is 2.05 bits per heavy atom. The molecule has 5 nitrogen and oxygen atoms in total. The highest BCUT2D eigenvalue weighted by atomic mass is 16.4. The molecule has 2 rings (SSSR count). The lowest BCUT2D eigenvalue weighted by Crippen LogP contribution is -2.32. The minimum atomic E-state index is -0.981. The molecule has 0 bridgehead atoms. The third kappa shape index (κ3) is 3.68. The zero-order valence-electron chi connectivity index (χ0n) is 11.3. The molecule has 0 spiro atoms. The van der Waals surface area contributed by atoms with Crippen molar-refractivity contribution in [2.45, 2.75) is 19.4 Å². The second-order valence-corrected chi connectivity index (χ2v) is 4.92. The number of aliphatic carboxylic acids is 1. The summed E-state index contributed by atoms with van der Waals surface area (Å²) < 4.78 is 0. The Labute approximate surface area is 117 Å². The van der Waals surface area contributed by atoms with Gasteiger partial charge in [0.2, 0.25) is 5.91 Å². The van der Waals surface area contributed by atoms with E-state index >= 15 is 0 Å². The number of rotatable bonds is 4. The molecule has 1 aliphatic rings. The maximum absolute atomic E-state index is 12.1. The van der Waals surface area contributed by atoms with Gasteiger partial charge in [0, 0.05) is 17.8 Å². The molecule has 3 N–H and O–H groups in total. The molecule has 1 aromatic rings. The topological polar surface area (TPSA) is 78.4 Å². The average Bonchev–Trinajstić information content (AvgIpc) is 2.84. The lowest BCUT2D eigenvalue weighted by atomic mass is 10.0. The van der Waals surface area contributed by atoms with Crippen LogP contribution in [0.15, 0.2) is 30.3 Å². The van der Waals surface area contributed by atoms with Gasteiger partial charge in [0.15, 0.2) is 0 Å². The molecule has 1 aliphatic heterocycles. The molecule has 2 unspecified atom stereocenters. The van der Waals surface area contributed by atoms with Crippen LogP contribution in [0, 0.1) is 5.92 Å². The Bertz CT molecular complexity index is 522. The summed E-state index contributed by atoms with van der Waals surface area (Å²) in [7, 11) is 0. The largest absolute Gasteiger partial charge is 0.478 e. The van der Waals surface area contributed by atoms with Crippen LogP contribution in [0.3, 0.4) is 0 Å². The van der Waals surface area contributed by atoms with Gasteiger partial charge in [-0.05, 0) is 43.7 Å². The maximum atomic E-state index is 12.1. The van der Waals surface area contributed by atoms with Crippen LogP contribution in [0.25, 0.3) is 6.08 Å². The van der Waals surface area contributed by atoms with Crippen LogP contribution in [-0.4, -0.2) is 29.6 Å². The van der Waals surface area contributed by atoms with Crippen LogP contribution in [-0.2, 0) is 9.59 Å². The highest BCUT2D eigenvalue weighted by molar-refractivity contribution is 5.93. The van der Waals surface area contributed by atoms with E-state index in [-0.39, 0.29) is 17.9 Å². The molecule has 1 amide bonds. The third-order valence-electron chi connectivity index (χ3n) is 3.46. The van der Waals surface area contributed by atoms with Crippen molar-refractivity contribution in [1.82, 2.24) is 5.32 Å². The van der Waals surface area contributed by atoms with Crippen molar-refractivity contribution in [2.24, 2.45) is 5.92 Å². The van der Waals surface area contributed by atoms with Gasteiger partial charge in [0.05, 0.1) is 5.92 Å². The number of carbonyl (C=O) groups excluding carboxylic acids is 1. The van der Waals surface area contributed by atoms with Gasteiger partial charge in [-0.2, -0.15) is 0 Å². The fourth-order valence-electron chi connectivity index (χ4n) is 2.30. The van der Waals surface area contributed by atoms with E-state index in [1.807, 2.05) is 6.92 Å². The molecule has 5 heteroatoms. The number of carboxylic acid groups (broad SMARTS) is 1. The molecule has 1 fully saturated rings. The van der Waals surface area contributed by atoms with Crippen LogP contribution in [0.2, 0.25) is 0 Å². The van der Waals surface area contributed by atoms with Gasteiger partial charge in [-0.1, -0.05) is 12.1 Å². The predicted octanol–water partition coefficient (Wildman–Crippen LogP) is 1.72. The molecule has 1 aromatic carbocycles. The molecule has 106 valence electrons. The number of hydrogen-bond donors (Lipinski definition) is 3. The Balaban J connectivity index is 1.96. The van der Waals surface area contributed by atoms with Crippen LogP contribution < -0.4 is 10.6 Å². The number of anilines is 1. The van der Waals surface area contributed by atoms with Crippen LogP contribution >= 0.6 is 0 Å². The highest BCUT2D eigenvalue weighted by Gasteiger charge is 2.29. The SMILES string of the molecule is CC1NCCC1C(=O)Nc1ccc(/C=C/C(=O)O)cc1. The first-order valence-electron chi connectivity index (χ1n) is 6.61. The average molecular weight is 274 g/mol. The normalized spacial score (nSPS) is 22.1. The fraction of sp³-hybridized carbons (Fsp3) is 0.333. The zero-order valence-corrected chi connectivity index (χ0v) is 11.3. The molecular weight excluding hydrogens is 256 g/mol. The standard InChI is InChI=1S/C15H18N2O3/c1-10-13(8-9-16-10)15(20)17-12-5-2-11(3-6-12)4-7-14(18)19/h2-7,10,13,16H,8-9H2,1H3,(H,17,20)(H,18,19)/b7-4+. The van der Waals surface area contributed by atoms with Gasteiger partial charge in [0.25, 0.3) is 0 Å². The van der Waals surface area contributed by atoms with Gasteiger partial charge >= 0.3 is 5.97 Å². The van der Waals surface area contributed by atoms with Crippen LogP contribution in [0.5, 0.6) is 0 Å². The second kappa shape index (κ2) is 6.34.